The quantitative estimate of drug-likeness (QED) is 0.0517. The Morgan fingerprint density at radius 1 is 0.972 bits per heavy atom. The predicted octanol–water partition coefficient (Wildman–Crippen LogP) is 9.11. The Balaban J connectivity index is 0.840. The normalized spacial score (nSPS) is 24.8. The lowest BCUT2D eigenvalue weighted by Crippen LogP contribution is -2.54. The zero-order valence-electron chi connectivity index (χ0n) is 41.2. The van der Waals surface area contributed by atoms with Gasteiger partial charge in [-0.15, -0.1) is 0 Å². The number of amides is 1. The highest BCUT2D eigenvalue weighted by atomic mass is 32.2. The summed E-state index contributed by atoms with van der Waals surface area (Å²) >= 11 is 0. The molecule has 11 rings (SSSR count). The van der Waals surface area contributed by atoms with Gasteiger partial charge in [0, 0.05) is 60.6 Å². The molecule has 5 N–H and O–H groups in total. The molecule has 2 saturated heterocycles. The van der Waals surface area contributed by atoms with Crippen molar-refractivity contribution in [2.45, 2.75) is 138 Å². The summed E-state index contributed by atoms with van der Waals surface area (Å²) in [6.45, 7) is 9.17. The molecule has 5 fully saturated rings. The van der Waals surface area contributed by atoms with E-state index in [2.05, 4.69) is 67.9 Å². The molecule has 0 bridgehead atoms. The number of benzene rings is 3. The number of pyridine rings is 1. The number of carbonyl (C=O) groups is 1. The molecule has 6 aliphatic rings. The second-order valence-corrected chi connectivity index (χ2v) is 23.8. The maximum atomic E-state index is 14.4. The maximum Gasteiger partial charge on any atom is 0.297 e. The summed E-state index contributed by atoms with van der Waals surface area (Å²) in [7, 11) is -4.74. The van der Waals surface area contributed by atoms with E-state index in [-0.39, 0.29) is 65.0 Å². The number of aliphatic hydroxyl groups is 2. The van der Waals surface area contributed by atoms with E-state index in [9.17, 15) is 33.5 Å². The first-order valence-corrected chi connectivity index (χ1v) is 27.2. The number of carbonyl (C=O) groups excluding carboxylic acids is 1. The van der Waals surface area contributed by atoms with Crippen LogP contribution >= 0.6 is 0 Å². The van der Waals surface area contributed by atoms with Crippen LogP contribution in [-0.4, -0.2) is 100 Å². The van der Waals surface area contributed by atoms with Crippen molar-refractivity contribution in [1.29, 1.82) is 0 Å². The van der Waals surface area contributed by atoms with Crippen LogP contribution in [0.1, 0.15) is 131 Å². The minimum Gasteiger partial charge on any atom is -0.489 e. The molecule has 2 aromatic heterocycles. The largest absolute Gasteiger partial charge is 0.489 e. The fourth-order valence-corrected chi connectivity index (χ4v) is 13.1. The van der Waals surface area contributed by atoms with Crippen molar-refractivity contribution >= 4 is 44.0 Å². The smallest absolute Gasteiger partial charge is 0.297 e. The highest BCUT2D eigenvalue weighted by Gasteiger charge is 2.50. The molecule has 0 radical (unpaired) electrons. The number of nitro groups is 1. The molecule has 2 atom stereocenters. The number of hydrogen-bond donors (Lipinski definition) is 5. The lowest BCUT2D eigenvalue weighted by atomic mass is 9.59. The number of nitrogens with zero attached hydrogens (tertiary/aromatic N) is 4. The summed E-state index contributed by atoms with van der Waals surface area (Å²) in [6.07, 6.45) is 12.2. The third-order valence-electron chi connectivity index (χ3n) is 16.7. The maximum absolute atomic E-state index is 14.4. The number of piperidine rings is 1. The van der Waals surface area contributed by atoms with Crippen LogP contribution in [0, 0.1) is 21.4 Å². The molecule has 0 unspecified atom stereocenters. The number of anilines is 2. The molecule has 3 aromatic carbocycles. The van der Waals surface area contributed by atoms with Crippen molar-refractivity contribution in [2.75, 3.05) is 43.1 Å². The minimum atomic E-state index is -4.74. The lowest BCUT2D eigenvalue weighted by Gasteiger charge is -2.56. The van der Waals surface area contributed by atoms with Gasteiger partial charge < -0.3 is 39.6 Å². The van der Waals surface area contributed by atoms with Gasteiger partial charge in [0.2, 0.25) is 0 Å². The molecule has 5 aromatic rings. The Morgan fingerprint density at radius 3 is 2.47 bits per heavy atom. The molecular weight excluding hydrogens is 939 g/mol. The second-order valence-electron chi connectivity index (χ2n) is 22.1. The van der Waals surface area contributed by atoms with Crippen LogP contribution in [0.4, 0.5) is 17.1 Å². The van der Waals surface area contributed by atoms with E-state index in [1.165, 1.54) is 36.1 Å². The minimum absolute atomic E-state index is 0.0196. The molecule has 1 spiro atoms. The number of rotatable bonds is 14. The van der Waals surface area contributed by atoms with Crippen LogP contribution in [0.15, 0.2) is 77.8 Å². The topological polar surface area (TPSA) is 222 Å². The van der Waals surface area contributed by atoms with Crippen molar-refractivity contribution in [3.8, 4) is 23.1 Å². The van der Waals surface area contributed by atoms with Gasteiger partial charge in [0.25, 0.3) is 27.5 Å². The summed E-state index contributed by atoms with van der Waals surface area (Å²) in [6, 6.07) is 20.4. The molecule has 17 nitrogen and oxygen atoms in total. The first kappa shape index (κ1) is 48.3. The van der Waals surface area contributed by atoms with Crippen molar-refractivity contribution in [3.05, 3.63) is 99.7 Å². The van der Waals surface area contributed by atoms with E-state index in [1.807, 2.05) is 6.07 Å². The number of ether oxygens (including phenoxy) is 3. The monoisotopic (exact) mass is 1000 g/mol. The third-order valence-corrected chi connectivity index (χ3v) is 18.0. The number of nitrogens with one attached hydrogen (secondary N) is 3. The first-order chi connectivity index (χ1) is 34.4. The van der Waals surface area contributed by atoms with Gasteiger partial charge in [-0.25, -0.2) is 13.1 Å². The van der Waals surface area contributed by atoms with Crippen LogP contribution in [0.2, 0.25) is 0 Å². The molecule has 18 heteroatoms. The first-order valence-electron chi connectivity index (χ1n) is 25.7. The Bertz CT molecular complexity index is 3000. The van der Waals surface area contributed by atoms with Crippen molar-refractivity contribution < 1.29 is 42.6 Å². The van der Waals surface area contributed by atoms with Gasteiger partial charge in [0.15, 0.2) is 17.2 Å². The average molecular weight is 1000 g/mol. The molecule has 382 valence electrons. The summed E-state index contributed by atoms with van der Waals surface area (Å²) in [5, 5.41) is 37.6. The number of nitro benzene ring substituents is 1. The number of aromatic amines is 1. The SMILES string of the molecule is CC(C)c1ccccc1[C@H]1CCCN1C1CC2(CCN(c3ccc(C(=O)NS(=O)(=O)c4cc5c(c([N+](=O)[O-])c4)N[C@@H](C4CCC(C)(O)CC4)CO5)c(Oc4cc5cc[nH]c5nc4OCC4(O)CC4)c3)CC2)C1. The highest BCUT2D eigenvalue weighted by molar-refractivity contribution is 7.90. The van der Waals surface area contributed by atoms with Crippen molar-refractivity contribution in [3.63, 3.8) is 0 Å². The van der Waals surface area contributed by atoms with Crippen LogP contribution in [0.5, 0.6) is 23.1 Å². The summed E-state index contributed by atoms with van der Waals surface area (Å²) in [4.78, 5) is 38.5. The average Bonchev–Trinajstić information content (AvgIpc) is 3.65. The second kappa shape index (κ2) is 18.5. The van der Waals surface area contributed by atoms with Gasteiger partial charge in [-0.05, 0) is 143 Å². The molecule has 3 saturated carbocycles. The molecule has 3 aliphatic carbocycles. The number of H-pyrrole nitrogens is 1. The van der Waals surface area contributed by atoms with Gasteiger partial charge in [-0.1, -0.05) is 38.1 Å². The van der Waals surface area contributed by atoms with E-state index < -0.39 is 42.6 Å². The number of aromatic nitrogens is 2. The van der Waals surface area contributed by atoms with Gasteiger partial charge in [-0.3, -0.25) is 19.8 Å². The number of hydrogen-bond acceptors (Lipinski definition) is 14. The predicted molar refractivity (Wildman–Crippen MR) is 272 cm³/mol. The summed E-state index contributed by atoms with van der Waals surface area (Å²) in [5.41, 5.74) is 2.19. The van der Waals surface area contributed by atoms with E-state index in [4.69, 9.17) is 14.2 Å². The standard InChI is InChI=1S/C54H65N7O10S/c1-33(2)39-7-4-5-8-40(39)43-9-6-22-60(43)37-29-53(30-37)19-23-59(24-20-53)36-10-11-41(45(26-36)71-47-25-35-14-21-55-49(35)57-51(47)70-32-54(64)17-18-54)50(62)58-72(67,68)38-27-44(61(65)66)48-46(28-38)69-31-42(56-48)34-12-15-52(3,63)16-13-34/h4-5,7-8,10-11,14,21,25-28,33-34,37,42-43,56,63-64H,6,9,12-13,15-20,22-24,29-32H2,1-3H3,(H,55,57)(H,58,62)/t34?,42-,43-,52?/m1/s1. The van der Waals surface area contributed by atoms with Gasteiger partial charge in [0.1, 0.15) is 24.6 Å². The molecule has 1 amide bonds. The van der Waals surface area contributed by atoms with Crippen LogP contribution < -0.4 is 29.1 Å². The van der Waals surface area contributed by atoms with E-state index in [1.54, 1.807) is 31.3 Å². The van der Waals surface area contributed by atoms with Gasteiger partial charge >= 0.3 is 0 Å². The number of fused-ring (bicyclic) bond motifs is 2. The third kappa shape index (κ3) is 9.58. The van der Waals surface area contributed by atoms with E-state index >= 15 is 0 Å². The zero-order valence-corrected chi connectivity index (χ0v) is 42.0. The Kier molecular flexibility index (Phi) is 12.4. The molecule has 5 heterocycles. The Morgan fingerprint density at radius 2 is 1.74 bits per heavy atom. The summed E-state index contributed by atoms with van der Waals surface area (Å²) in [5.74, 6) is -0.211. The number of sulfonamides is 1. The van der Waals surface area contributed by atoms with Crippen LogP contribution in [0.3, 0.4) is 0 Å². The fraction of sp³-hybridized carbons (Fsp3) is 0.519. The molecule has 3 aliphatic heterocycles. The Labute approximate surface area is 419 Å². The number of likely N-dealkylation sites (tertiary alicyclic amines) is 1. The van der Waals surface area contributed by atoms with Crippen molar-refractivity contribution in [1.82, 2.24) is 19.6 Å². The zero-order chi connectivity index (χ0) is 50.2. The van der Waals surface area contributed by atoms with Gasteiger partial charge in [0.05, 0.1) is 32.6 Å². The van der Waals surface area contributed by atoms with Crippen LogP contribution in [-0.2, 0) is 10.0 Å². The van der Waals surface area contributed by atoms with Gasteiger partial charge in [-0.2, -0.15) is 4.98 Å². The fourth-order valence-electron chi connectivity index (χ4n) is 12.1. The van der Waals surface area contributed by atoms with Crippen LogP contribution in [0.25, 0.3) is 11.0 Å². The lowest BCUT2D eigenvalue weighted by molar-refractivity contribution is -0.384. The van der Waals surface area contributed by atoms with Crippen molar-refractivity contribution in [2.24, 2.45) is 11.3 Å². The highest BCUT2D eigenvalue weighted by Crippen LogP contribution is 2.55. The Hall–Kier alpha value is -5.95. The molecule has 72 heavy (non-hydrogen) atoms. The summed E-state index contributed by atoms with van der Waals surface area (Å²) < 4.78 is 49.1. The molecular formula is C54H65N7O10S. The van der Waals surface area contributed by atoms with E-state index in [0.29, 0.717) is 67.6 Å². The van der Waals surface area contributed by atoms with E-state index in [0.717, 1.165) is 57.1 Å².